The number of thiazole rings is 1. The Morgan fingerprint density at radius 2 is 1.81 bits per heavy atom. The van der Waals surface area contributed by atoms with Crippen molar-refractivity contribution in [3.8, 4) is 11.3 Å². The van der Waals surface area contributed by atoms with Gasteiger partial charge in [0, 0.05) is 17.9 Å². The predicted octanol–water partition coefficient (Wildman–Crippen LogP) is 4.16. The van der Waals surface area contributed by atoms with Crippen LogP contribution in [-0.4, -0.2) is 16.8 Å². The van der Waals surface area contributed by atoms with Crippen molar-refractivity contribution in [2.24, 2.45) is 0 Å². The predicted molar refractivity (Wildman–Crippen MR) is 104 cm³/mol. The lowest BCUT2D eigenvalue weighted by atomic mass is 10.0. The van der Waals surface area contributed by atoms with Crippen molar-refractivity contribution in [1.82, 2.24) is 10.3 Å². The molecule has 7 heteroatoms. The van der Waals surface area contributed by atoms with Gasteiger partial charge in [0.2, 0.25) is 11.8 Å². The molecule has 0 unspecified atom stereocenters. The summed E-state index contributed by atoms with van der Waals surface area (Å²) in [4.78, 5) is 28.3. The Balaban J connectivity index is 1.67. The molecule has 0 radical (unpaired) electrons. The number of hydrogen-bond acceptors (Lipinski definition) is 4. The number of carbonyl (C=O) groups excluding carboxylic acids is 2. The first-order valence-electron chi connectivity index (χ1n) is 8.34. The highest BCUT2D eigenvalue weighted by molar-refractivity contribution is 7.14. The molecule has 0 aliphatic carbocycles. The zero-order valence-corrected chi connectivity index (χ0v) is 15.4. The van der Waals surface area contributed by atoms with Crippen LogP contribution in [0.25, 0.3) is 11.3 Å². The molecule has 0 saturated carbocycles. The van der Waals surface area contributed by atoms with Crippen LogP contribution in [0.4, 0.5) is 9.52 Å². The third-order valence-electron chi connectivity index (χ3n) is 3.86. The van der Waals surface area contributed by atoms with Crippen LogP contribution in [-0.2, 0) is 9.59 Å². The van der Waals surface area contributed by atoms with Gasteiger partial charge in [0.25, 0.3) is 0 Å². The molecule has 0 fully saturated rings. The lowest BCUT2D eigenvalue weighted by Gasteiger charge is -2.17. The van der Waals surface area contributed by atoms with E-state index in [4.69, 9.17) is 0 Å². The van der Waals surface area contributed by atoms with Crippen molar-refractivity contribution in [3.63, 3.8) is 0 Å². The van der Waals surface area contributed by atoms with Crippen LogP contribution < -0.4 is 10.6 Å². The summed E-state index contributed by atoms with van der Waals surface area (Å²) in [5.41, 5.74) is 2.29. The van der Waals surface area contributed by atoms with Gasteiger partial charge in [0.15, 0.2) is 5.13 Å². The van der Waals surface area contributed by atoms with E-state index in [9.17, 15) is 14.0 Å². The van der Waals surface area contributed by atoms with Crippen molar-refractivity contribution < 1.29 is 14.0 Å². The number of hydrogen-bond donors (Lipinski definition) is 2. The van der Waals surface area contributed by atoms with Crippen LogP contribution in [0.5, 0.6) is 0 Å². The van der Waals surface area contributed by atoms with E-state index in [1.807, 2.05) is 30.3 Å². The first-order valence-corrected chi connectivity index (χ1v) is 9.22. The van der Waals surface area contributed by atoms with Gasteiger partial charge >= 0.3 is 0 Å². The van der Waals surface area contributed by atoms with Gasteiger partial charge in [-0.2, -0.15) is 0 Å². The molecule has 1 aromatic heterocycles. The Bertz CT molecular complexity index is 926. The number of carbonyl (C=O) groups is 2. The number of nitrogens with one attached hydrogen (secondary N) is 2. The highest BCUT2D eigenvalue weighted by Crippen LogP contribution is 2.26. The molecule has 138 valence electrons. The third kappa shape index (κ3) is 5.21. The number of anilines is 1. The number of rotatable bonds is 6. The molecule has 2 amide bonds. The molecule has 5 nitrogen and oxygen atoms in total. The Kier molecular flexibility index (Phi) is 5.93. The van der Waals surface area contributed by atoms with Crippen molar-refractivity contribution in [2.75, 3.05) is 5.32 Å². The molecule has 1 heterocycles. The summed E-state index contributed by atoms with van der Waals surface area (Å²) in [6, 6.07) is 14.9. The SMILES string of the molecule is CC(=O)N[C@H](CC(=O)Nc1nc(-c2ccc(F)cc2)cs1)c1ccccc1. The Morgan fingerprint density at radius 1 is 1.11 bits per heavy atom. The van der Waals surface area contributed by atoms with Crippen LogP contribution in [0, 0.1) is 5.82 Å². The van der Waals surface area contributed by atoms with E-state index in [-0.39, 0.29) is 24.1 Å². The number of benzene rings is 2. The molecule has 0 aliphatic rings. The van der Waals surface area contributed by atoms with E-state index < -0.39 is 6.04 Å². The Morgan fingerprint density at radius 3 is 2.48 bits per heavy atom. The lowest BCUT2D eigenvalue weighted by molar-refractivity contribution is -0.120. The maximum atomic E-state index is 13.0. The highest BCUT2D eigenvalue weighted by Gasteiger charge is 2.18. The zero-order chi connectivity index (χ0) is 19.2. The normalized spacial score (nSPS) is 11.6. The number of aromatic nitrogens is 1. The Labute approximate surface area is 160 Å². The standard InChI is InChI=1S/C20H18FN3O2S/c1-13(25)22-17(14-5-3-2-4-6-14)11-19(26)24-20-23-18(12-27-20)15-7-9-16(21)10-8-15/h2-10,12,17H,11H2,1H3,(H,22,25)(H,23,24,26)/t17-/m1/s1. The summed E-state index contributed by atoms with van der Waals surface area (Å²) in [5.74, 6) is -0.769. The van der Waals surface area contributed by atoms with Gasteiger partial charge in [-0.15, -0.1) is 11.3 Å². The first-order chi connectivity index (χ1) is 13.0. The van der Waals surface area contributed by atoms with E-state index in [1.54, 1.807) is 17.5 Å². The smallest absolute Gasteiger partial charge is 0.228 e. The second-order valence-corrected chi connectivity index (χ2v) is 6.82. The molecule has 3 aromatic rings. The average Bonchev–Trinajstić information content (AvgIpc) is 3.10. The van der Waals surface area contributed by atoms with Gasteiger partial charge in [-0.3, -0.25) is 9.59 Å². The van der Waals surface area contributed by atoms with E-state index >= 15 is 0 Å². The van der Waals surface area contributed by atoms with Gasteiger partial charge in [-0.25, -0.2) is 9.37 Å². The van der Waals surface area contributed by atoms with Crippen LogP contribution in [0.15, 0.2) is 60.0 Å². The van der Waals surface area contributed by atoms with E-state index in [0.717, 1.165) is 11.1 Å². The largest absolute Gasteiger partial charge is 0.349 e. The van der Waals surface area contributed by atoms with Crippen LogP contribution in [0.2, 0.25) is 0 Å². The summed E-state index contributed by atoms with van der Waals surface area (Å²) >= 11 is 1.29. The molecule has 3 rings (SSSR count). The summed E-state index contributed by atoms with van der Waals surface area (Å²) in [5, 5.41) is 7.81. The average molecular weight is 383 g/mol. The molecule has 0 spiro atoms. The molecule has 0 aliphatic heterocycles. The minimum Gasteiger partial charge on any atom is -0.349 e. The third-order valence-corrected chi connectivity index (χ3v) is 4.62. The van der Waals surface area contributed by atoms with Crippen molar-refractivity contribution in [2.45, 2.75) is 19.4 Å². The maximum absolute atomic E-state index is 13.0. The highest BCUT2D eigenvalue weighted by atomic mass is 32.1. The summed E-state index contributed by atoms with van der Waals surface area (Å²) in [6.07, 6.45) is 0.0923. The lowest BCUT2D eigenvalue weighted by Crippen LogP contribution is -2.29. The second-order valence-electron chi connectivity index (χ2n) is 5.96. The van der Waals surface area contributed by atoms with E-state index in [1.165, 1.54) is 30.4 Å². The van der Waals surface area contributed by atoms with Gasteiger partial charge in [-0.1, -0.05) is 30.3 Å². The molecule has 1 atom stereocenters. The van der Waals surface area contributed by atoms with Gasteiger partial charge < -0.3 is 10.6 Å². The van der Waals surface area contributed by atoms with Gasteiger partial charge in [-0.05, 0) is 29.8 Å². The molecule has 27 heavy (non-hydrogen) atoms. The second kappa shape index (κ2) is 8.55. The minimum absolute atomic E-state index is 0.0923. The van der Waals surface area contributed by atoms with Crippen LogP contribution in [0.1, 0.15) is 24.9 Å². The zero-order valence-electron chi connectivity index (χ0n) is 14.6. The minimum atomic E-state index is -0.416. The molecule has 2 aromatic carbocycles. The van der Waals surface area contributed by atoms with Crippen LogP contribution in [0.3, 0.4) is 0 Å². The van der Waals surface area contributed by atoms with Gasteiger partial charge in [0.05, 0.1) is 18.2 Å². The first kappa shape index (κ1) is 18.7. The van der Waals surface area contributed by atoms with Gasteiger partial charge in [0.1, 0.15) is 5.82 Å². The summed E-state index contributed by atoms with van der Waals surface area (Å²) < 4.78 is 13.0. The van der Waals surface area contributed by atoms with E-state index in [2.05, 4.69) is 15.6 Å². The Hall–Kier alpha value is -3.06. The quantitative estimate of drug-likeness (QED) is 0.672. The fourth-order valence-electron chi connectivity index (χ4n) is 2.62. The summed E-state index contributed by atoms with van der Waals surface area (Å²) in [6.45, 7) is 1.42. The maximum Gasteiger partial charge on any atom is 0.228 e. The number of amides is 2. The number of halogens is 1. The molecule has 0 bridgehead atoms. The molecular formula is C20H18FN3O2S. The fourth-order valence-corrected chi connectivity index (χ4v) is 3.36. The summed E-state index contributed by atoms with van der Waals surface area (Å²) in [7, 11) is 0. The van der Waals surface area contributed by atoms with Crippen molar-refractivity contribution in [1.29, 1.82) is 0 Å². The molecular weight excluding hydrogens is 365 g/mol. The monoisotopic (exact) mass is 383 g/mol. The molecule has 0 saturated heterocycles. The van der Waals surface area contributed by atoms with Crippen molar-refractivity contribution in [3.05, 3.63) is 71.4 Å². The fraction of sp³-hybridized carbons (Fsp3) is 0.150. The molecule has 2 N–H and O–H groups in total. The van der Waals surface area contributed by atoms with E-state index in [0.29, 0.717) is 10.8 Å². The van der Waals surface area contributed by atoms with Crippen molar-refractivity contribution >= 4 is 28.3 Å². The number of nitrogens with zero attached hydrogens (tertiary/aromatic N) is 1. The van der Waals surface area contributed by atoms with Crippen LogP contribution >= 0.6 is 11.3 Å². The topological polar surface area (TPSA) is 71.1 Å².